The maximum Gasteiger partial charge on any atom is 0.397 e. The van der Waals surface area contributed by atoms with E-state index in [0.29, 0.717) is 12.1 Å². The van der Waals surface area contributed by atoms with Gasteiger partial charge in [-0.2, -0.15) is 8.42 Å². The Morgan fingerprint density at radius 1 is 0.923 bits per heavy atom. The van der Waals surface area contributed by atoms with E-state index in [-0.39, 0.29) is 5.97 Å². The maximum absolute atomic E-state index is 11.1. The number of hydrogen-bond acceptors (Lipinski definition) is 5. The van der Waals surface area contributed by atoms with Crippen LogP contribution in [0.25, 0.3) is 0 Å². The summed E-state index contributed by atoms with van der Waals surface area (Å²) in [7, 11) is 0.935. The minimum atomic E-state index is -4.16. The molecular formula is C18H39O6PS. The number of ether oxygens (including phenoxy) is 1. The van der Waals surface area contributed by atoms with Crippen LogP contribution in [-0.4, -0.2) is 38.8 Å². The van der Waals surface area contributed by atoms with Crippen LogP contribution in [0, 0.1) is 0 Å². The first-order valence-electron chi connectivity index (χ1n) is 9.62. The second-order valence-electron chi connectivity index (χ2n) is 6.46. The smallest absolute Gasteiger partial charge is 0.397 e. The zero-order valence-electron chi connectivity index (χ0n) is 16.7. The molecule has 0 aliphatic heterocycles. The lowest BCUT2D eigenvalue weighted by atomic mass is 10.0. The van der Waals surface area contributed by atoms with Gasteiger partial charge in [0, 0.05) is 0 Å². The molecule has 0 aliphatic rings. The molecule has 2 unspecified atom stereocenters. The molecule has 8 heteroatoms. The Hall–Kier alpha value is -0.230. The standard InChI is InChI=1S/C17H35O2P.CH4O4S/c1-3-4-5-6-7-8-9-10-11-12-13-14-16(20)15-17(18)19-2;1-5-6(2,3)4/h16H,3-15,20H2,1-2H3;1H3,(H,2,3,4). The van der Waals surface area contributed by atoms with Crippen molar-refractivity contribution in [2.24, 2.45) is 0 Å². The molecule has 0 bridgehead atoms. The van der Waals surface area contributed by atoms with Crippen molar-refractivity contribution in [1.82, 2.24) is 0 Å². The van der Waals surface area contributed by atoms with Crippen LogP contribution >= 0.6 is 9.24 Å². The lowest BCUT2D eigenvalue weighted by Crippen LogP contribution is -2.08. The summed E-state index contributed by atoms with van der Waals surface area (Å²) in [5.74, 6) is -0.0897. The first kappa shape index (κ1) is 28.0. The van der Waals surface area contributed by atoms with Crippen molar-refractivity contribution in [1.29, 1.82) is 0 Å². The van der Waals surface area contributed by atoms with E-state index >= 15 is 0 Å². The molecule has 0 aromatic rings. The monoisotopic (exact) mass is 414 g/mol. The minimum absolute atomic E-state index is 0.0897. The average molecular weight is 415 g/mol. The van der Waals surface area contributed by atoms with Crippen LogP contribution in [0.15, 0.2) is 0 Å². The van der Waals surface area contributed by atoms with Crippen molar-refractivity contribution in [3.8, 4) is 0 Å². The number of esters is 1. The van der Waals surface area contributed by atoms with E-state index in [4.69, 9.17) is 4.55 Å². The first-order chi connectivity index (χ1) is 12.3. The number of hydrogen-bond donors (Lipinski definition) is 1. The largest absolute Gasteiger partial charge is 0.469 e. The fourth-order valence-corrected chi connectivity index (χ4v) is 2.90. The van der Waals surface area contributed by atoms with Crippen LogP contribution in [0.5, 0.6) is 0 Å². The molecule has 0 aliphatic carbocycles. The second-order valence-corrected chi connectivity index (χ2v) is 8.59. The van der Waals surface area contributed by atoms with E-state index in [1.807, 2.05) is 0 Å². The summed E-state index contributed by atoms with van der Waals surface area (Å²) in [4.78, 5) is 11.1. The molecule has 0 aromatic carbocycles. The number of unbranched alkanes of at least 4 members (excludes halogenated alkanes) is 10. The average Bonchev–Trinajstić information content (AvgIpc) is 2.59. The van der Waals surface area contributed by atoms with Gasteiger partial charge in [0.25, 0.3) is 0 Å². The van der Waals surface area contributed by atoms with Gasteiger partial charge in [0.15, 0.2) is 0 Å². The van der Waals surface area contributed by atoms with E-state index in [2.05, 4.69) is 25.1 Å². The van der Waals surface area contributed by atoms with Crippen LogP contribution in [0.1, 0.15) is 90.4 Å². The van der Waals surface area contributed by atoms with Gasteiger partial charge in [-0.05, 0) is 12.1 Å². The zero-order valence-corrected chi connectivity index (χ0v) is 18.7. The Kier molecular flexibility index (Phi) is 21.0. The lowest BCUT2D eigenvalue weighted by Gasteiger charge is -2.09. The molecule has 26 heavy (non-hydrogen) atoms. The van der Waals surface area contributed by atoms with E-state index in [1.165, 1.54) is 77.7 Å². The first-order valence-corrected chi connectivity index (χ1v) is 11.6. The molecular weight excluding hydrogens is 375 g/mol. The van der Waals surface area contributed by atoms with Gasteiger partial charge < -0.3 is 4.74 Å². The summed E-state index contributed by atoms with van der Waals surface area (Å²) < 4.78 is 34.4. The van der Waals surface area contributed by atoms with E-state index in [9.17, 15) is 13.2 Å². The molecule has 2 atom stereocenters. The van der Waals surface area contributed by atoms with Crippen LogP contribution in [0.3, 0.4) is 0 Å². The Balaban J connectivity index is 0. The van der Waals surface area contributed by atoms with Gasteiger partial charge in [0.1, 0.15) is 0 Å². The predicted molar refractivity (Wildman–Crippen MR) is 110 cm³/mol. The Bertz CT molecular complexity index is 414. The molecule has 0 radical (unpaired) electrons. The summed E-state index contributed by atoms with van der Waals surface area (Å²) in [5, 5.41) is 0. The molecule has 0 amide bonds. The zero-order chi connectivity index (χ0) is 20.3. The van der Waals surface area contributed by atoms with Crippen molar-refractivity contribution in [2.75, 3.05) is 14.2 Å². The highest BCUT2D eigenvalue weighted by atomic mass is 32.3. The molecule has 1 N–H and O–H groups in total. The Labute approximate surface area is 163 Å². The SMILES string of the molecule is CCCCCCCCCCCCCC(P)CC(=O)OC.COS(=O)(=O)O. The second kappa shape index (κ2) is 19.5. The van der Waals surface area contributed by atoms with Crippen LogP contribution in [0.2, 0.25) is 0 Å². The van der Waals surface area contributed by atoms with Gasteiger partial charge >= 0.3 is 16.4 Å². The van der Waals surface area contributed by atoms with Crippen molar-refractivity contribution >= 4 is 25.6 Å². The normalized spacial score (nSPS) is 12.2. The number of carbonyl (C=O) groups excluding carboxylic acids is 1. The van der Waals surface area contributed by atoms with Gasteiger partial charge in [-0.25, -0.2) is 0 Å². The van der Waals surface area contributed by atoms with Crippen molar-refractivity contribution in [2.45, 2.75) is 96.1 Å². The topological polar surface area (TPSA) is 89.9 Å². The lowest BCUT2D eigenvalue weighted by molar-refractivity contribution is -0.140. The summed E-state index contributed by atoms with van der Waals surface area (Å²) in [6.07, 6.45) is 16.8. The number of methoxy groups -OCH3 is 1. The molecule has 0 saturated carbocycles. The molecule has 0 rings (SSSR count). The third kappa shape index (κ3) is 26.0. The highest BCUT2D eigenvalue weighted by Crippen LogP contribution is 2.17. The van der Waals surface area contributed by atoms with Gasteiger partial charge in [0.2, 0.25) is 0 Å². The summed E-state index contributed by atoms with van der Waals surface area (Å²) in [6.45, 7) is 2.27. The van der Waals surface area contributed by atoms with E-state index in [1.54, 1.807) is 0 Å². The van der Waals surface area contributed by atoms with Crippen molar-refractivity contribution in [3.63, 3.8) is 0 Å². The van der Waals surface area contributed by atoms with Crippen LogP contribution in [0.4, 0.5) is 0 Å². The van der Waals surface area contributed by atoms with E-state index < -0.39 is 10.4 Å². The van der Waals surface area contributed by atoms with Gasteiger partial charge in [0.05, 0.1) is 20.6 Å². The minimum Gasteiger partial charge on any atom is -0.469 e. The number of carbonyl (C=O) groups is 1. The third-order valence-electron chi connectivity index (χ3n) is 4.05. The maximum atomic E-state index is 11.1. The molecule has 0 heterocycles. The van der Waals surface area contributed by atoms with Gasteiger partial charge in [-0.3, -0.25) is 13.5 Å². The summed E-state index contributed by atoms with van der Waals surface area (Å²) in [5.41, 5.74) is 0.390. The van der Waals surface area contributed by atoms with Crippen molar-refractivity contribution < 1.29 is 26.7 Å². The van der Waals surface area contributed by atoms with Crippen LogP contribution in [-0.2, 0) is 24.1 Å². The van der Waals surface area contributed by atoms with Crippen LogP contribution < -0.4 is 0 Å². The van der Waals surface area contributed by atoms with E-state index in [0.717, 1.165) is 13.5 Å². The Morgan fingerprint density at radius 2 is 1.31 bits per heavy atom. The molecule has 6 nitrogen and oxygen atoms in total. The quantitative estimate of drug-likeness (QED) is 0.177. The molecule has 0 fully saturated rings. The summed E-state index contributed by atoms with van der Waals surface area (Å²) in [6, 6.07) is 0. The fourth-order valence-electron chi connectivity index (χ4n) is 2.47. The molecule has 0 aromatic heterocycles. The van der Waals surface area contributed by atoms with Crippen molar-refractivity contribution in [3.05, 3.63) is 0 Å². The highest BCUT2D eigenvalue weighted by molar-refractivity contribution is 7.80. The summed E-state index contributed by atoms with van der Waals surface area (Å²) >= 11 is 0. The number of rotatable bonds is 15. The fraction of sp³-hybridized carbons (Fsp3) is 0.944. The molecule has 158 valence electrons. The molecule has 0 saturated heterocycles. The predicted octanol–water partition coefficient (Wildman–Crippen LogP) is 4.93. The third-order valence-corrected chi connectivity index (χ3v) is 5.04. The van der Waals surface area contributed by atoms with Gasteiger partial charge in [-0.1, -0.05) is 77.6 Å². The Morgan fingerprint density at radius 3 is 1.65 bits per heavy atom. The molecule has 0 spiro atoms. The van der Waals surface area contributed by atoms with Gasteiger partial charge in [-0.15, -0.1) is 9.24 Å². The highest BCUT2D eigenvalue weighted by Gasteiger charge is 2.08.